The zero-order valence-corrected chi connectivity index (χ0v) is 55.6. The minimum Gasteiger partial charge on any atom is -0.396 e. The first kappa shape index (κ1) is 69.3. The largest absolute Gasteiger partial charge is 0.396 e. The zero-order chi connectivity index (χ0) is 64.8. The molecule has 1 amide bonds. The van der Waals surface area contributed by atoms with Crippen molar-refractivity contribution in [2.75, 3.05) is 208 Å². The van der Waals surface area contributed by atoms with Crippen LogP contribution in [0.1, 0.15) is 89.0 Å². The van der Waals surface area contributed by atoms with Crippen LogP contribution in [0.5, 0.6) is 0 Å². The van der Waals surface area contributed by atoms with Gasteiger partial charge < -0.3 is 67.0 Å². The molecule has 0 radical (unpaired) electrons. The lowest BCUT2D eigenvalue weighted by Gasteiger charge is -2.42. The van der Waals surface area contributed by atoms with Crippen molar-refractivity contribution in [3.8, 4) is 0 Å². The lowest BCUT2D eigenvalue weighted by Crippen LogP contribution is -2.55. The molecule has 504 valence electrons. The molecular formula is C65H104F3N19O3S. The van der Waals surface area contributed by atoms with Crippen LogP contribution < -0.4 is 42.5 Å². The summed E-state index contributed by atoms with van der Waals surface area (Å²) < 4.78 is 69.6. The topological polar surface area (TPSA) is 242 Å². The summed E-state index contributed by atoms with van der Waals surface area (Å²) in [5.41, 5.74) is 29.3. The van der Waals surface area contributed by atoms with Gasteiger partial charge >= 0.3 is 0 Å². The molecule has 0 saturated carbocycles. The molecule has 4 aromatic rings. The first-order valence-electron chi connectivity index (χ1n) is 33.4. The molecule has 4 aromatic heterocycles. The van der Waals surface area contributed by atoms with E-state index < -0.39 is 21.1 Å². The number of nitrogens with two attached hydrogens (primary N) is 4. The van der Waals surface area contributed by atoms with E-state index in [1.165, 1.54) is 89.5 Å². The normalized spacial score (nSPS) is 21.7. The summed E-state index contributed by atoms with van der Waals surface area (Å²) in [6.07, 6.45) is 25.0. The van der Waals surface area contributed by atoms with Crippen molar-refractivity contribution >= 4 is 61.4 Å². The van der Waals surface area contributed by atoms with Gasteiger partial charge in [-0.25, -0.2) is 25.9 Å². The summed E-state index contributed by atoms with van der Waals surface area (Å²) in [6, 6.07) is 0.448. The Bertz CT molecular complexity index is 2970. The summed E-state index contributed by atoms with van der Waals surface area (Å²) in [7, 11) is 4.60. The Morgan fingerprint density at radius 1 is 0.462 bits per heavy atom. The summed E-state index contributed by atoms with van der Waals surface area (Å²) in [5, 5.41) is -0.422. The lowest BCUT2D eigenvalue weighted by molar-refractivity contribution is -0.138. The average molecular weight is 1290 g/mol. The van der Waals surface area contributed by atoms with E-state index in [4.69, 9.17) is 22.9 Å². The first-order chi connectivity index (χ1) is 43.7. The van der Waals surface area contributed by atoms with E-state index in [-0.39, 0.29) is 29.3 Å². The third-order valence-electron chi connectivity index (χ3n) is 20.2. The van der Waals surface area contributed by atoms with Gasteiger partial charge in [-0.1, -0.05) is 6.42 Å². The second-order valence-electron chi connectivity index (χ2n) is 26.7. The summed E-state index contributed by atoms with van der Waals surface area (Å²) in [5.74, 6) is 0.653. The van der Waals surface area contributed by atoms with Gasteiger partial charge in [0, 0.05) is 130 Å². The average Bonchev–Trinajstić information content (AvgIpc) is 1.21. The number of pyridine rings is 4. The quantitative estimate of drug-likeness (QED) is 0.135. The van der Waals surface area contributed by atoms with Gasteiger partial charge in [0.2, 0.25) is 15.9 Å². The Morgan fingerprint density at radius 2 is 0.846 bits per heavy atom. The van der Waals surface area contributed by atoms with Crippen LogP contribution in [-0.2, 0) is 14.8 Å². The molecule has 8 fully saturated rings. The Labute approximate surface area is 539 Å². The molecule has 8 saturated heterocycles. The number of hydrogen-bond donors (Lipinski definition) is 4. The second kappa shape index (κ2) is 32.7. The number of piperidine rings is 6. The number of nitrogens with zero attached hydrogens (tertiary/aromatic N) is 15. The smallest absolute Gasteiger partial charge is 0.237 e. The number of hydrogen-bond acceptors (Lipinski definition) is 20. The third kappa shape index (κ3) is 18.4. The van der Waals surface area contributed by atoms with Crippen LogP contribution in [-0.4, -0.2) is 251 Å². The van der Waals surface area contributed by atoms with E-state index in [1.54, 1.807) is 17.5 Å². The third-order valence-corrected chi connectivity index (χ3v) is 22.6. The van der Waals surface area contributed by atoms with Gasteiger partial charge in [-0.15, -0.1) is 0 Å². The van der Waals surface area contributed by atoms with Crippen molar-refractivity contribution in [2.45, 2.75) is 108 Å². The number of amides is 1. The molecule has 26 heteroatoms. The molecule has 8 aliphatic rings. The van der Waals surface area contributed by atoms with E-state index >= 15 is 0 Å². The maximum Gasteiger partial charge on any atom is 0.237 e. The summed E-state index contributed by atoms with van der Waals surface area (Å²) in [6.45, 7) is 22.2. The number of likely N-dealkylation sites (N-methyl/N-ethyl adjacent to an activating group) is 2. The fourth-order valence-corrected chi connectivity index (χ4v) is 16.6. The Hall–Kier alpha value is -6.03. The molecule has 0 unspecified atom stereocenters. The standard InChI is InChI=1S/C17H28FN5O2S.C16H26FN5.C16H25FN4.C16H25N5O/c1-21-7-3-13(4-8-21)22(2)26(24,25)14-5-9-23(10-6-14)17-15(18)11-20-12-16(17)19;1-20-6-8-21(9-7-20)12-13-2-4-22(5-3-13)16-14(17)10-19-11-15(16)18;17-14-10-19-11-15(18)16(14)21-8-4-13(5-9-21)12-20-6-2-1-3-7-20;1-12-9-18-10-14(17)16(12)20-5-3-13(4-6-20)21-8-7-19(2)11-15(21)22/h11-14H,3-10,19H2,1-2H3;10-11,13H,2-9,12,18H2,1H3;10-11,13H,1-9,12,18H2;9-10,13H,3-8,11,17H2,1-2H3. The SMILES string of the molecule is CN1CCC(N(C)S(=O)(=O)C2CCN(c3c(N)cncc3F)CC2)CC1.CN1CCN(CC2CCN(c3c(N)cncc3F)CC2)CC1.Cc1cncc(N)c1N1CCC(N2CCN(C)CC2=O)CC1.Nc1cncc(F)c1N1CCC(CN2CCCCC2)CC1. The lowest BCUT2D eigenvalue weighted by atomic mass is 9.95. The van der Waals surface area contributed by atoms with Gasteiger partial charge in [-0.3, -0.25) is 29.6 Å². The minimum atomic E-state index is -3.35. The Balaban J connectivity index is 0.000000144. The van der Waals surface area contributed by atoms with Gasteiger partial charge in [0.25, 0.3) is 0 Å². The van der Waals surface area contributed by atoms with Crippen LogP contribution >= 0.6 is 0 Å². The number of likely N-dealkylation sites (tertiary alicyclic amines) is 2. The molecule has 91 heavy (non-hydrogen) atoms. The van der Waals surface area contributed by atoms with Gasteiger partial charge in [0.05, 0.1) is 101 Å². The molecule has 8 aliphatic heterocycles. The van der Waals surface area contributed by atoms with E-state index in [9.17, 15) is 26.4 Å². The molecular weight excluding hydrogens is 1180 g/mol. The van der Waals surface area contributed by atoms with Crippen molar-refractivity contribution in [1.29, 1.82) is 0 Å². The maximum atomic E-state index is 14.1. The number of rotatable bonds is 12. The predicted octanol–water partition coefficient (Wildman–Crippen LogP) is 5.61. The molecule has 22 nitrogen and oxygen atoms in total. The van der Waals surface area contributed by atoms with E-state index in [0.717, 1.165) is 159 Å². The number of sulfonamides is 1. The molecule has 0 atom stereocenters. The van der Waals surface area contributed by atoms with Gasteiger partial charge in [0.1, 0.15) is 0 Å². The Morgan fingerprint density at radius 3 is 1.29 bits per heavy atom. The van der Waals surface area contributed by atoms with E-state index in [2.05, 4.69) is 85.1 Å². The molecule has 0 aromatic carbocycles. The van der Waals surface area contributed by atoms with E-state index in [0.29, 0.717) is 72.9 Å². The van der Waals surface area contributed by atoms with Crippen LogP contribution in [0.25, 0.3) is 0 Å². The van der Waals surface area contributed by atoms with E-state index in [1.807, 2.05) is 18.1 Å². The predicted molar refractivity (Wildman–Crippen MR) is 360 cm³/mol. The molecule has 0 bridgehead atoms. The van der Waals surface area contributed by atoms with Crippen molar-refractivity contribution in [2.24, 2.45) is 11.8 Å². The first-order valence-corrected chi connectivity index (χ1v) is 34.9. The number of nitrogen functional groups attached to an aromatic ring is 4. The number of halogens is 3. The highest BCUT2D eigenvalue weighted by Gasteiger charge is 2.38. The number of piperazine rings is 2. The fourth-order valence-electron chi connectivity index (χ4n) is 14.7. The highest BCUT2D eigenvalue weighted by atomic mass is 32.2. The second-order valence-corrected chi connectivity index (χ2v) is 29.0. The molecule has 12 rings (SSSR count). The summed E-state index contributed by atoms with van der Waals surface area (Å²) >= 11 is 0. The molecule has 0 aliphatic carbocycles. The number of aromatic nitrogens is 4. The van der Waals surface area contributed by atoms with Gasteiger partial charge in [0.15, 0.2) is 17.5 Å². The zero-order valence-electron chi connectivity index (χ0n) is 54.8. The van der Waals surface area contributed by atoms with Crippen molar-refractivity contribution in [3.05, 3.63) is 72.6 Å². The number of carbonyl (C=O) groups excluding carboxylic acids is 1. The van der Waals surface area contributed by atoms with Crippen LogP contribution in [0.15, 0.2) is 49.6 Å². The molecule has 8 N–H and O–H groups in total. The fraction of sp³-hybridized carbons (Fsp3) is 0.677. The van der Waals surface area contributed by atoms with Crippen LogP contribution in [0.2, 0.25) is 0 Å². The van der Waals surface area contributed by atoms with Crippen molar-refractivity contribution < 1.29 is 26.4 Å². The molecule has 0 spiro atoms. The summed E-state index contributed by atoms with van der Waals surface area (Å²) in [4.78, 5) is 50.0. The molecule has 12 heterocycles. The highest BCUT2D eigenvalue weighted by Crippen LogP contribution is 2.35. The van der Waals surface area contributed by atoms with Crippen molar-refractivity contribution in [1.82, 2.24) is 53.6 Å². The van der Waals surface area contributed by atoms with Gasteiger partial charge in [-0.05, 0) is 149 Å². The van der Waals surface area contributed by atoms with Crippen LogP contribution in [0.3, 0.4) is 0 Å². The number of carbonyl (C=O) groups is 1. The van der Waals surface area contributed by atoms with Gasteiger partial charge in [-0.2, -0.15) is 0 Å². The minimum absolute atomic E-state index is 0.0718. The number of aryl methyl sites for hydroxylation is 1. The Kier molecular flexibility index (Phi) is 24.9. The highest BCUT2D eigenvalue weighted by molar-refractivity contribution is 7.89. The maximum absolute atomic E-state index is 14.1. The van der Waals surface area contributed by atoms with Crippen LogP contribution in [0.4, 0.5) is 58.7 Å². The number of anilines is 8. The monoisotopic (exact) mass is 1290 g/mol. The van der Waals surface area contributed by atoms with Crippen molar-refractivity contribution in [3.63, 3.8) is 0 Å². The van der Waals surface area contributed by atoms with Crippen LogP contribution in [0, 0.1) is 36.2 Å².